The number of benzene rings is 2. The molecule has 0 aliphatic carbocycles. The number of H-pyrrole nitrogens is 1. The minimum atomic E-state index is -0.502. The minimum Gasteiger partial charge on any atom is -0.507 e. The van der Waals surface area contributed by atoms with Crippen LogP contribution in [0.15, 0.2) is 43.0 Å². The van der Waals surface area contributed by atoms with Crippen molar-refractivity contribution in [2.45, 2.75) is 13.0 Å². The molecule has 2 heterocycles. The summed E-state index contributed by atoms with van der Waals surface area (Å²) in [6.07, 6.45) is 1.67. The van der Waals surface area contributed by atoms with Crippen molar-refractivity contribution in [3.8, 4) is 34.3 Å². The molecule has 1 amide bonds. The van der Waals surface area contributed by atoms with E-state index in [0.717, 1.165) is 11.1 Å². The van der Waals surface area contributed by atoms with Gasteiger partial charge in [0, 0.05) is 17.7 Å². The summed E-state index contributed by atoms with van der Waals surface area (Å²) in [6.45, 7) is 6.06. The summed E-state index contributed by atoms with van der Waals surface area (Å²) in [6, 6.07) is 8.42. The van der Waals surface area contributed by atoms with E-state index in [-0.39, 0.29) is 11.7 Å². The van der Waals surface area contributed by atoms with Crippen LogP contribution in [0.5, 0.6) is 23.0 Å². The Morgan fingerprint density at radius 3 is 2.44 bits per heavy atom. The average molecular weight is 435 g/mol. The van der Waals surface area contributed by atoms with Crippen LogP contribution in [0.2, 0.25) is 0 Å². The van der Waals surface area contributed by atoms with Crippen molar-refractivity contribution in [3.63, 3.8) is 0 Å². The van der Waals surface area contributed by atoms with Gasteiger partial charge in [0.05, 0.1) is 27.4 Å². The quantitative estimate of drug-likeness (QED) is 0.547. The Kier molecular flexibility index (Phi) is 5.52. The minimum absolute atomic E-state index is 0.0863. The highest BCUT2D eigenvalue weighted by Gasteiger charge is 2.42. The van der Waals surface area contributed by atoms with E-state index in [4.69, 9.17) is 14.2 Å². The molecule has 1 aliphatic heterocycles. The van der Waals surface area contributed by atoms with E-state index in [2.05, 4.69) is 16.8 Å². The Bertz CT molecular complexity index is 1180. The monoisotopic (exact) mass is 435 g/mol. The van der Waals surface area contributed by atoms with Crippen LogP contribution in [-0.4, -0.2) is 54.0 Å². The maximum absolute atomic E-state index is 13.3. The van der Waals surface area contributed by atoms with Gasteiger partial charge in [-0.25, -0.2) is 0 Å². The number of amides is 1. The molecule has 0 spiro atoms. The number of aromatic amines is 1. The third kappa shape index (κ3) is 3.24. The lowest BCUT2D eigenvalue weighted by molar-refractivity contribution is 0.0764. The highest BCUT2D eigenvalue weighted by molar-refractivity contribution is 6.00. The third-order valence-electron chi connectivity index (χ3n) is 5.60. The molecule has 0 unspecified atom stereocenters. The Labute approximate surface area is 186 Å². The van der Waals surface area contributed by atoms with Crippen molar-refractivity contribution in [1.82, 2.24) is 15.1 Å². The fourth-order valence-electron chi connectivity index (χ4n) is 4.17. The highest BCUT2D eigenvalue weighted by Crippen LogP contribution is 2.48. The molecule has 8 nitrogen and oxygen atoms in total. The summed E-state index contributed by atoms with van der Waals surface area (Å²) in [4.78, 5) is 14.9. The Morgan fingerprint density at radius 2 is 1.84 bits per heavy atom. The average Bonchev–Trinajstić information content (AvgIpc) is 3.34. The molecule has 3 aromatic rings. The summed E-state index contributed by atoms with van der Waals surface area (Å²) < 4.78 is 16.5. The number of methoxy groups -OCH3 is 3. The van der Waals surface area contributed by atoms with Gasteiger partial charge in [0.1, 0.15) is 17.1 Å². The van der Waals surface area contributed by atoms with E-state index in [1.54, 1.807) is 31.3 Å². The zero-order chi connectivity index (χ0) is 23.0. The highest BCUT2D eigenvalue weighted by atomic mass is 16.5. The third-order valence-corrected chi connectivity index (χ3v) is 5.60. The van der Waals surface area contributed by atoms with Gasteiger partial charge >= 0.3 is 0 Å². The number of aryl methyl sites for hydroxylation is 1. The second-order valence-corrected chi connectivity index (χ2v) is 7.49. The van der Waals surface area contributed by atoms with E-state index >= 15 is 0 Å². The Morgan fingerprint density at radius 1 is 1.16 bits per heavy atom. The first kappa shape index (κ1) is 21.3. The number of nitrogens with zero attached hydrogens (tertiary/aromatic N) is 2. The summed E-state index contributed by atoms with van der Waals surface area (Å²) in [5, 5.41) is 17.8. The van der Waals surface area contributed by atoms with E-state index in [9.17, 15) is 9.90 Å². The van der Waals surface area contributed by atoms with Crippen LogP contribution in [0.25, 0.3) is 11.3 Å². The molecule has 1 atom stereocenters. The van der Waals surface area contributed by atoms with Gasteiger partial charge in [-0.3, -0.25) is 9.89 Å². The molecular formula is C24H25N3O5. The molecule has 0 saturated carbocycles. The summed E-state index contributed by atoms with van der Waals surface area (Å²) in [5.41, 5.74) is 3.83. The molecule has 166 valence electrons. The fourth-order valence-corrected chi connectivity index (χ4v) is 4.17. The molecule has 0 radical (unpaired) electrons. The number of fused-ring (bicyclic) bond motifs is 1. The Balaban J connectivity index is 1.97. The van der Waals surface area contributed by atoms with Gasteiger partial charge in [-0.05, 0) is 36.8 Å². The number of ether oxygens (including phenoxy) is 3. The van der Waals surface area contributed by atoms with Gasteiger partial charge in [0.25, 0.3) is 5.91 Å². The zero-order valence-corrected chi connectivity index (χ0v) is 18.4. The molecule has 0 saturated heterocycles. The largest absolute Gasteiger partial charge is 0.507 e. The second kappa shape index (κ2) is 8.30. The topological polar surface area (TPSA) is 96.9 Å². The number of carbonyl (C=O) groups excluding carboxylic acids is 1. The van der Waals surface area contributed by atoms with Crippen LogP contribution in [0, 0.1) is 6.92 Å². The molecule has 0 bridgehead atoms. The number of aromatic nitrogens is 2. The van der Waals surface area contributed by atoms with Crippen molar-refractivity contribution >= 4 is 5.91 Å². The van der Waals surface area contributed by atoms with Gasteiger partial charge in [0.15, 0.2) is 11.5 Å². The smallest absolute Gasteiger partial charge is 0.273 e. The zero-order valence-electron chi connectivity index (χ0n) is 18.4. The van der Waals surface area contributed by atoms with Crippen molar-refractivity contribution in [2.24, 2.45) is 0 Å². The van der Waals surface area contributed by atoms with Crippen molar-refractivity contribution < 1.29 is 24.1 Å². The molecule has 1 aliphatic rings. The predicted octanol–water partition coefficient (Wildman–Crippen LogP) is 3.85. The number of phenols is 1. The van der Waals surface area contributed by atoms with E-state index in [0.29, 0.717) is 46.3 Å². The van der Waals surface area contributed by atoms with Gasteiger partial charge in [-0.1, -0.05) is 17.7 Å². The maximum Gasteiger partial charge on any atom is 0.273 e. The van der Waals surface area contributed by atoms with Crippen LogP contribution in [0.4, 0.5) is 0 Å². The maximum atomic E-state index is 13.3. The van der Waals surface area contributed by atoms with E-state index in [1.165, 1.54) is 7.11 Å². The first-order chi connectivity index (χ1) is 15.4. The van der Waals surface area contributed by atoms with Crippen LogP contribution in [0.1, 0.15) is 33.2 Å². The molecule has 0 fully saturated rings. The van der Waals surface area contributed by atoms with Crippen LogP contribution in [-0.2, 0) is 0 Å². The normalized spacial score (nSPS) is 14.9. The molecule has 1 aromatic heterocycles. The standard InChI is InChI=1S/C24H25N3O5/c1-6-9-27-22(14-11-17(30-3)23(32-5)18(12-14)31-4)19-20(25-26-21(19)24(27)29)15-10-13(2)7-8-16(15)28/h6-8,10-12,22,28H,1,9H2,2-5H3,(H,25,26)/t22-/m1/s1. The Hall–Kier alpha value is -3.94. The summed E-state index contributed by atoms with van der Waals surface area (Å²) in [5.74, 6) is 1.30. The number of rotatable bonds is 7. The lowest BCUT2D eigenvalue weighted by Crippen LogP contribution is -2.29. The van der Waals surface area contributed by atoms with Crippen molar-refractivity contribution in [1.29, 1.82) is 0 Å². The van der Waals surface area contributed by atoms with Gasteiger partial charge in [0.2, 0.25) is 5.75 Å². The van der Waals surface area contributed by atoms with Crippen molar-refractivity contribution in [3.05, 3.63) is 65.4 Å². The molecule has 2 N–H and O–H groups in total. The molecule has 8 heteroatoms. The number of carbonyl (C=O) groups is 1. The molecule has 4 rings (SSSR count). The molecule has 2 aromatic carbocycles. The summed E-state index contributed by atoms with van der Waals surface area (Å²) in [7, 11) is 4.62. The molecular weight excluding hydrogens is 410 g/mol. The van der Waals surface area contributed by atoms with Gasteiger partial charge in [-0.2, -0.15) is 5.10 Å². The number of aromatic hydroxyl groups is 1. The van der Waals surface area contributed by atoms with Crippen molar-refractivity contribution in [2.75, 3.05) is 27.9 Å². The number of phenolic OH excluding ortho intramolecular Hbond substituents is 1. The number of hydrogen-bond acceptors (Lipinski definition) is 6. The number of nitrogens with one attached hydrogen (secondary N) is 1. The first-order valence-corrected chi connectivity index (χ1v) is 10.0. The fraction of sp³-hybridized carbons (Fsp3) is 0.250. The SMILES string of the molecule is C=CCN1C(=O)c2[nH]nc(-c3cc(C)ccc3O)c2[C@H]1c1cc(OC)c(OC)c(OC)c1. The van der Waals surface area contributed by atoms with Crippen LogP contribution < -0.4 is 14.2 Å². The van der Waals surface area contributed by atoms with E-state index < -0.39 is 6.04 Å². The van der Waals surface area contributed by atoms with Gasteiger partial charge < -0.3 is 24.2 Å². The van der Waals surface area contributed by atoms with E-state index in [1.807, 2.05) is 31.2 Å². The number of hydrogen-bond donors (Lipinski definition) is 2. The van der Waals surface area contributed by atoms with Gasteiger partial charge in [-0.15, -0.1) is 6.58 Å². The molecule has 32 heavy (non-hydrogen) atoms. The summed E-state index contributed by atoms with van der Waals surface area (Å²) >= 11 is 0. The lowest BCUT2D eigenvalue weighted by atomic mass is 9.94. The van der Waals surface area contributed by atoms with Crippen LogP contribution in [0.3, 0.4) is 0 Å². The first-order valence-electron chi connectivity index (χ1n) is 10.0. The van der Waals surface area contributed by atoms with Crippen LogP contribution >= 0.6 is 0 Å². The second-order valence-electron chi connectivity index (χ2n) is 7.49. The lowest BCUT2D eigenvalue weighted by Gasteiger charge is -2.26. The predicted molar refractivity (Wildman–Crippen MR) is 120 cm³/mol.